The predicted molar refractivity (Wildman–Crippen MR) is 129 cm³/mol. The van der Waals surface area contributed by atoms with E-state index in [2.05, 4.69) is 4.98 Å². The molecule has 2 aromatic carbocycles. The monoisotopic (exact) mass is 478 g/mol. The first-order chi connectivity index (χ1) is 16.4. The largest absolute Gasteiger partial charge is 0.496 e. The Kier molecular flexibility index (Phi) is 5.71. The van der Waals surface area contributed by atoms with Crippen LogP contribution in [0.2, 0.25) is 0 Å². The second kappa shape index (κ2) is 8.70. The number of hydrogen-bond donors (Lipinski definition) is 1. The summed E-state index contributed by atoms with van der Waals surface area (Å²) in [4.78, 5) is 4.58. The molecule has 1 aliphatic rings. The van der Waals surface area contributed by atoms with E-state index in [0.717, 1.165) is 5.57 Å². The maximum Gasteiger partial charge on any atom is 0.269 e. The summed E-state index contributed by atoms with van der Waals surface area (Å²) in [6, 6.07) is 15.9. The average molecular weight is 479 g/mol. The molecule has 0 radical (unpaired) electrons. The van der Waals surface area contributed by atoms with E-state index in [1.165, 1.54) is 29.4 Å². The van der Waals surface area contributed by atoms with Gasteiger partial charge in [0.15, 0.2) is 5.65 Å². The van der Waals surface area contributed by atoms with Crippen LogP contribution < -0.4 is 4.74 Å². The summed E-state index contributed by atoms with van der Waals surface area (Å²) in [5.74, 6) is 0.0374. The molecule has 0 saturated carbocycles. The second-order valence-electron chi connectivity index (χ2n) is 8.21. The highest BCUT2D eigenvalue weighted by molar-refractivity contribution is 7.90. The van der Waals surface area contributed by atoms with Gasteiger partial charge in [-0.3, -0.25) is 0 Å². The van der Waals surface area contributed by atoms with Crippen LogP contribution in [-0.4, -0.2) is 35.7 Å². The maximum atomic E-state index is 14.2. The molecule has 0 spiro atoms. The molecule has 34 heavy (non-hydrogen) atoms. The Morgan fingerprint density at radius 1 is 1.09 bits per heavy atom. The summed E-state index contributed by atoms with van der Waals surface area (Å²) < 4.78 is 48.5. The molecule has 1 aliphatic carbocycles. The number of rotatable bonds is 5. The van der Waals surface area contributed by atoms with E-state index in [1.807, 2.05) is 6.08 Å². The van der Waals surface area contributed by atoms with Crippen molar-refractivity contribution in [1.29, 1.82) is 0 Å². The highest BCUT2D eigenvalue weighted by Crippen LogP contribution is 2.40. The number of allylic oxidation sites excluding steroid dienone is 1. The second-order valence-corrected chi connectivity index (χ2v) is 10.00. The number of aromatic nitrogens is 2. The number of halogens is 1. The molecule has 1 N–H and O–H groups in total. The SMILES string of the molecule is COc1ccc(F)cc1-c1ccnc2c1cc(C1=CCC(O)CC1)n2S(=O)(=O)c1ccccc1. The van der Waals surface area contributed by atoms with Gasteiger partial charge >= 0.3 is 0 Å². The van der Waals surface area contributed by atoms with Crippen LogP contribution in [0.15, 0.2) is 77.8 Å². The van der Waals surface area contributed by atoms with Crippen LogP contribution in [0.4, 0.5) is 4.39 Å². The van der Waals surface area contributed by atoms with Gasteiger partial charge in [0.25, 0.3) is 10.0 Å². The molecule has 1 atom stereocenters. The molecule has 4 aromatic rings. The molecule has 5 rings (SSSR count). The van der Waals surface area contributed by atoms with Crippen molar-refractivity contribution in [2.24, 2.45) is 0 Å². The van der Waals surface area contributed by atoms with Crippen molar-refractivity contribution in [3.05, 3.63) is 84.4 Å². The van der Waals surface area contributed by atoms with Gasteiger partial charge in [0.05, 0.1) is 23.8 Å². The summed E-state index contributed by atoms with van der Waals surface area (Å²) in [6.07, 6.45) is 4.46. The van der Waals surface area contributed by atoms with Crippen molar-refractivity contribution in [1.82, 2.24) is 8.96 Å². The minimum absolute atomic E-state index is 0.140. The fourth-order valence-electron chi connectivity index (χ4n) is 4.42. The zero-order valence-corrected chi connectivity index (χ0v) is 19.3. The summed E-state index contributed by atoms with van der Waals surface area (Å²) in [5, 5.41) is 10.5. The minimum Gasteiger partial charge on any atom is -0.496 e. The molecule has 0 saturated heterocycles. The van der Waals surface area contributed by atoms with E-state index in [1.54, 1.807) is 48.5 Å². The molecule has 1 unspecified atom stereocenters. The van der Waals surface area contributed by atoms with Gasteiger partial charge in [-0.15, -0.1) is 0 Å². The molecule has 0 bridgehead atoms. The molecule has 0 aliphatic heterocycles. The van der Waals surface area contributed by atoms with Gasteiger partial charge in [-0.1, -0.05) is 24.3 Å². The minimum atomic E-state index is -3.99. The lowest BCUT2D eigenvalue weighted by Gasteiger charge is -2.19. The van der Waals surface area contributed by atoms with Gasteiger partial charge in [0.1, 0.15) is 11.6 Å². The Bertz CT molecular complexity index is 1510. The van der Waals surface area contributed by atoms with Crippen molar-refractivity contribution in [2.75, 3.05) is 7.11 Å². The number of methoxy groups -OCH3 is 1. The molecule has 174 valence electrons. The molecule has 0 fully saturated rings. The first kappa shape index (κ1) is 22.3. The summed E-state index contributed by atoms with van der Waals surface area (Å²) in [5.41, 5.74) is 2.67. The van der Waals surface area contributed by atoms with Gasteiger partial charge < -0.3 is 9.84 Å². The number of benzene rings is 2. The van der Waals surface area contributed by atoms with Crippen molar-refractivity contribution in [3.8, 4) is 16.9 Å². The number of aliphatic hydroxyl groups excluding tert-OH is 1. The van der Waals surface area contributed by atoms with Crippen LogP contribution in [0.5, 0.6) is 5.75 Å². The van der Waals surface area contributed by atoms with E-state index in [4.69, 9.17) is 4.74 Å². The normalized spacial score (nSPS) is 16.4. The summed E-state index contributed by atoms with van der Waals surface area (Å²) in [6.45, 7) is 0. The van der Waals surface area contributed by atoms with Gasteiger partial charge in [-0.25, -0.2) is 21.8 Å². The lowest BCUT2D eigenvalue weighted by molar-refractivity contribution is 0.166. The highest BCUT2D eigenvalue weighted by Gasteiger charge is 2.28. The Morgan fingerprint density at radius 3 is 2.59 bits per heavy atom. The third kappa shape index (κ3) is 3.78. The van der Waals surface area contributed by atoms with Gasteiger partial charge in [0.2, 0.25) is 0 Å². The Morgan fingerprint density at radius 2 is 1.88 bits per heavy atom. The first-order valence-corrected chi connectivity index (χ1v) is 12.4. The topological polar surface area (TPSA) is 81.4 Å². The van der Waals surface area contributed by atoms with Crippen molar-refractivity contribution in [2.45, 2.75) is 30.3 Å². The average Bonchev–Trinajstić information content (AvgIpc) is 3.25. The zero-order valence-electron chi connectivity index (χ0n) is 18.5. The van der Waals surface area contributed by atoms with Crippen molar-refractivity contribution < 1.29 is 22.7 Å². The standard InChI is InChI=1S/C26H23FN2O4S/c1-33-25-12-9-18(27)15-22(25)21-13-14-28-26-23(21)16-24(17-7-10-19(30)11-8-17)29(26)34(31,32)20-5-3-2-4-6-20/h2-7,9,12-16,19,30H,8,10-11H2,1H3. The van der Waals surface area contributed by atoms with Gasteiger partial charge in [0, 0.05) is 17.1 Å². The van der Waals surface area contributed by atoms with Crippen LogP contribution in [0.3, 0.4) is 0 Å². The molecule has 8 heteroatoms. The van der Waals surface area contributed by atoms with Crippen LogP contribution in [0.1, 0.15) is 25.0 Å². The number of nitrogens with zero attached hydrogens (tertiary/aromatic N) is 2. The molecule has 6 nitrogen and oxygen atoms in total. The van der Waals surface area contributed by atoms with Crippen molar-refractivity contribution >= 4 is 26.6 Å². The zero-order chi connectivity index (χ0) is 23.9. The molecule has 2 aromatic heterocycles. The molecule has 0 amide bonds. The summed E-state index contributed by atoms with van der Waals surface area (Å²) >= 11 is 0. The lowest BCUT2D eigenvalue weighted by atomic mass is 9.95. The maximum absolute atomic E-state index is 14.2. The number of aliphatic hydroxyl groups is 1. The van der Waals surface area contributed by atoms with Crippen LogP contribution in [-0.2, 0) is 10.0 Å². The predicted octanol–water partition coefficient (Wildman–Crippen LogP) is 5.02. The van der Waals surface area contributed by atoms with Crippen LogP contribution in [0.25, 0.3) is 27.7 Å². The number of fused-ring (bicyclic) bond motifs is 1. The van der Waals surface area contributed by atoms with E-state index in [0.29, 0.717) is 47.2 Å². The van der Waals surface area contributed by atoms with E-state index in [9.17, 15) is 17.9 Å². The Balaban J connectivity index is 1.83. The van der Waals surface area contributed by atoms with Crippen LogP contribution in [0, 0.1) is 5.82 Å². The summed E-state index contributed by atoms with van der Waals surface area (Å²) in [7, 11) is -2.49. The van der Waals surface area contributed by atoms with E-state index >= 15 is 0 Å². The lowest BCUT2D eigenvalue weighted by Crippen LogP contribution is -2.17. The quantitative estimate of drug-likeness (QED) is 0.436. The van der Waals surface area contributed by atoms with Crippen LogP contribution >= 0.6 is 0 Å². The van der Waals surface area contributed by atoms with Gasteiger partial charge in [-0.05, 0) is 72.9 Å². The highest BCUT2D eigenvalue weighted by atomic mass is 32.2. The molecular formula is C26H23FN2O4S. The number of pyridine rings is 1. The van der Waals surface area contributed by atoms with E-state index < -0.39 is 21.9 Å². The first-order valence-electron chi connectivity index (χ1n) is 10.9. The molecule has 2 heterocycles. The van der Waals surface area contributed by atoms with Gasteiger partial charge in [-0.2, -0.15) is 0 Å². The van der Waals surface area contributed by atoms with Crippen molar-refractivity contribution in [3.63, 3.8) is 0 Å². The third-order valence-corrected chi connectivity index (χ3v) is 7.82. The molecular weight excluding hydrogens is 455 g/mol. The Labute approximate surface area is 197 Å². The Hall–Kier alpha value is -3.49. The van der Waals surface area contributed by atoms with E-state index in [-0.39, 0.29) is 10.5 Å². The number of ether oxygens (including phenoxy) is 1. The smallest absolute Gasteiger partial charge is 0.269 e. The fraction of sp³-hybridized carbons (Fsp3) is 0.192. The fourth-order valence-corrected chi connectivity index (χ4v) is 5.93. The third-order valence-electron chi connectivity index (χ3n) is 6.11. The number of hydrogen-bond acceptors (Lipinski definition) is 5.